The minimum absolute atomic E-state index is 0.309. The minimum Gasteiger partial charge on any atom is -0.380 e. The molecule has 0 fully saturated rings. The molecule has 0 amide bonds. The predicted molar refractivity (Wildman–Crippen MR) is 80.7 cm³/mol. The van der Waals surface area contributed by atoms with Gasteiger partial charge in [0.2, 0.25) is 0 Å². The molecule has 0 spiro atoms. The summed E-state index contributed by atoms with van der Waals surface area (Å²) in [6.45, 7) is 0.448. The van der Waals surface area contributed by atoms with E-state index in [0.29, 0.717) is 16.5 Å². The van der Waals surface area contributed by atoms with Crippen LogP contribution in [0.1, 0.15) is 5.56 Å². The molecule has 2 aromatic carbocycles. The van der Waals surface area contributed by atoms with E-state index in [9.17, 15) is 8.42 Å². The molecule has 0 unspecified atom stereocenters. The van der Waals surface area contributed by atoms with Gasteiger partial charge < -0.3 is 4.74 Å². The summed E-state index contributed by atoms with van der Waals surface area (Å²) in [5, 5.41) is 0.647. The van der Waals surface area contributed by atoms with Crippen LogP contribution < -0.4 is 0 Å². The molecule has 0 saturated carbocycles. The molecule has 0 radical (unpaired) electrons. The van der Waals surface area contributed by atoms with Gasteiger partial charge in [0.15, 0.2) is 9.84 Å². The van der Waals surface area contributed by atoms with Gasteiger partial charge in [0.1, 0.15) is 0 Å². The van der Waals surface area contributed by atoms with Crippen LogP contribution in [0.25, 0.3) is 11.1 Å². The molecule has 0 aromatic heterocycles. The quantitative estimate of drug-likeness (QED) is 0.867. The SMILES string of the molecule is COCc1cc(Cl)ccc1-c1ccc(S(C)(=O)=O)cc1. The fourth-order valence-electron chi connectivity index (χ4n) is 2.00. The maximum Gasteiger partial charge on any atom is 0.175 e. The molecular formula is C15H15ClO3S. The van der Waals surface area contributed by atoms with E-state index >= 15 is 0 Å². The Morgan fingerprint density at radius 2 is 1.75 bits per heavy atom. The van der Waals surface area contributed by atoms with Gasteiger partial charge in [-0.1, -0.05) is 29.8 Å². The van der Waals surface area contributed by atoms with Gasteiger partial charge >= 0.3 is 0 Å². The highest BCUT2D eigenvalue weighted by atomic mass is 35.5. The van der Waals surface area contributed by atoms with Crippen molar-refractivity contribution in [3.05, 3.63) is 53.1 Å². The van der Waals surface area contributed by atoms with Crippen molar-refractivity contribution in [3.8, 4) is 11.1 Å². The topological polar surface area (TPSA) is 43.4 Å². The Hall–Kier alpha value is -1.36. The lowest BCUT2D eigenvalue weighted by Gasteiger charge is -2.10. The zero-order valence-corrected chi connectivity index (χ0v) is 12.8. The summed E-state index contributed by atoms with van der Waals surface area (Å²) in [6, 6.07) is 12.4. The van der Waals surface area contributed by atoms with Crippen molar-refractivity contribution >= 4 is 21.4 Å². The number of rotatable bonds is 4. The normalized spacial score (nSPS) is 11.6. The Balaban J connectivity index is 2.46. The van der Waals surface area contributed by atoms with Crippen molar-refractivity contribution in [1.82, 2.24) is 0 Å². The van der Waals surface area contributed by atoms with E-state index in [2.05, 4.69) is 0 Å². The van der Waals surface area contributed by atoms with Crippen LogP contribution in [0.4, 0.5) is 0 Å². The van der Waals surface area contributed by atoms with Gasteiger partial charge in [-0.2, -0.15) is 0 Å². The van der Waals surface area contributed by atoms with E-state index in [-0.39, 0.29) is 0 Å². The van der Waals surface area contributed by atoms with Crippen LogP contribution in [0, 0.1) is 0 Å². The molecule has 0 aliphatic carbocycles. The van der Waals surface area contributed by atoms with Crippen molar-refractivity contribution in [2.24, 2.45) is 0 Å². The van der Waals surface area contributed by atoms with Gasteiger partial charge in [-0.25, -0.2) is 8.42 Å². The lowest BCUT2D eigenvalue weighted by Crippen LogP contribution is -1.97. The summed E-state index contributed by atoms with van der Waals surface area (Å²) in [5.41, 5.74) is 2.88. The summed E-state index contributed by atoms with van der Waals surface area (Å²) in [4.78, 5) is 0.309. The van der Waals surface area contributed by atoms with Crippen molar-refractivity contribution in [3.63, 3.8) is 0 Å². The number of methoxy groups -OCH3 is 1. The third kappa shape index (κ3) is 3.39. The highest BCUT2D eigenvalue weighted by Gasteiger charge is 2.09. The third-order valence-corrected chi connectivity index (χ3v) is 4.32. The molecule has 20 heavy (non-hydrogen) atoms. The van der Waals surface area contributed by atoms with Gasteiger partial charge in [0, 0.05) is 18.4 Å². The first-order chi connectivity index (χ1) is 9.41. The van der Waals surface area contributed by atoms with Crippen molar-refractivity contribution < 1.29 is 13.2 Å². The van der Waals surface area contributed by atoms with Crippen molar-refractivity contribution in [2.45, 2.75) is 11.5 Å². The van der Waals surface area contributed by atoms with Crippen LogP contribution in [0.5, 0.6) is 0 Å². The highest BCUT2D eigenvalue weighted by molar-refractivity contribution is 7.90. The van der Waals surface area contributed by atoms with Crippen LogP contribution in [0.15, 0.2) is 47.4 Å². The zero-order chi connectivity index (χ0) is 14.8. The summed E-state index contributed by atoms with van der Waals surface area (Å²) in [5.74, 6) is 0. The molecule has 0 N–H and O–H groups in total. The lowest BCUT2D eigenvalue weighted by molar-refractivity contribution is 0.185. The van der Waals surface area contributed by atoms with E-state index in [1.165, 1.54) is 6.26 Å². The van der Waals surface area contributed by atoms with Gasteiger partial charge in [-0.05, 0) is 41.0 Å². The Morgan fingerprint density at radius 1 is 1.10 bits per heavy atom. The lowest BCUT2D eigenvalue weighted by atomic mass is 10.0. The minimum atomic E-state index is -3.17. The Labute approximate surface area is 124 Å². The smallest absolute Gasteiger partial charge is 0.175 e. The first-order valence-corrected chi connectivity index (χ1v) is 8.26. The number of hydrogen-bond donors (Lipinski definition) is 0. The zero-order valence-electron chi connectivity index (χ0n) is 11.3. The number of sulfone groups is 1. The fraction of sp³-hybridized carbons (Fsp3) is 0.200. The molecule has 2 rings (SSSR count). The van der Waals surface area contributed by atoms with E-state index in [1.54, 1.807) is 37.4 Å². The summed E-state index contributed by atoms with van der Waals surface area (Å²) >= 11 is 5.99. The monoisotopic (exact) mass is 310 g/mol. The average molecular weight is 311 g/mol. The molecule has 0 saturated heterocycles. The van der Waals surface area contributed by atoms with E-state index in [4.69, 9.17) is 16.3 Å². The first-order valence-electron chi connectivity index (χ1n) is 5.99. The predicted octanol–water partition coefficient (Wildman–Crippen LogP) is 3.56. The summed E-state index contributed by atoms with van der Waals surface area (Å²) in [7, 11) is -1.55. The molecule has 0 aliphatic heterocycles. The molecule has 0 heterocycles. The first kappa shape index (κ1) is 15.0. The number of ether oxygens (including phenoxy) is 1. The molecular weight excluding hydrogens is 296 g/mol. The summed E-state index contributed by atoms with van der Waals surface area (Å²) in [6.07, 6.45) is 1.20. The standard InChI is InChI=1S/C15H15ClO3S/c1-19-10-12-9-13(16)5-8-15(12)11-3-6-14(7-4-11)20(2,17)18/h3-9H,10H2,1-2H3. The average Bonchev–Trinajstić information content (AvgIpc) is 2.38. The number of halogens is 1. The molecule has 5 heteroatoms. The largest absolute Gasteiger partial charge is 0.380 e. The maximum atomic E-state index is 11.5. The van der Waals surface area contributed by atoms with E-state index in [1.807, 2.05) is 12.1 Å². The second-order valence-corrected chi connectivity index (χ2v) is 6.98. The second-order valence-electron chi connectivity index (χ2n) is 4.53. The fourth-order valence-corrected chi connectivity index (χ4v) is 2.83. The van der Waals surface area contributed by atoms with Crippen LogP contribution in [-0.2, 0) is 21.2 Å². The van der Waals surface area contributed by atoms with E-state index in [0.717, 1.165) is 16.7 Å². The Bertz CT molecular complexity index is 706. The second kappa shape index (κ2) is 5.95. The molecule has 0 atom stereocenters. The van der Waals surface area contributed by atoms with Crippen molar-refractivity contribution in [1.29, 1.82) is 0 Å². The van der Waals surface area contributed by atoms with Crippen LogP contribution >= 0.6 is 11.6 Å². The Kier molecular flexibility index (Phi) is 4.48. The molecule has 106 valence electrons. The maximum absolute atomic E-state index is 11.5. The van der Waals surface area contributed by atoms with E-state index < -0.39 is 9.84 Å². The highest BCUT2D eigenvalue weighted by Crippen LogP contribution is 2.28. The summed E-state index contributed by atoms with van der Waals surface area (Å²) < 4.78 is 28.1. The van der Waals surface area contributed by atoms with Gasteiger partial charge in [-0.3, -0.25) is 0 Å². The molecule has 0 aliphatic rings. The molecule has 3 nitrogen and oxygen atoms in total. The van der Waals surface area contributed by atoms with Crippen LogP contribution in [0.3, 0.4) is 0 Å². The van der Waals surface area contributed by atoms with Gasteiger partial charge in [-0.15, -0.1) is 0 Å². The van der Waals surface area contributed by atoms with Crippen LogP contribution in [-0.4, -0.2) is 21.8 Å². The number of hydrogen-bond acceptors (Lipinski definition) is 3. The molecule has 2 aromatic rings. The number of benzene rings is 2. The molecule has 0 bridgehead atoms. The van der Waals surface area contributed by atoms with Gasteiger partial charge in [0.05, 0.1) is 11.5 Å². The van der Waals surface area contributed by atoms with Crippen LogP contribution in [0.2, 0.25) is 5.02 Å². The van der Waals surface area contributed by atoms with Gasteiger partial charge in [0.25, 0.3) is 0 Å². The van der Waals surface area contributed by atoms with Crippen molar-refractivity contribution in [2.75, 3.05) is 13.4 Å². The Morgan fingerprint density at radius 3 is 2.30 bits per heavy atom. The third-order valence-electron chi connectivity index (χ3n) is 2.96.